The molecule has 21 heavy (non-hydrogen) atoms. The fourth-order valence-corrected chi connectivity index (χ4v) is 3.08. The van der Waals surface area contributed by atoms with Gasteiger partial charge in [0.15, 0.2) is 0 Å². The van der Waals surface area contributed by atoms with Crippen LogP contribution in [-0.2, 0) is 6.18 Å². The van der Waals surface area contributed by atoms with Gasteiger partial charge in [0, 0.05) is 0 Å². The smallest absolute Gasteiger partial charge is 0.416 e. The van der Waals surface area contributed by atoms with E-state index in [9.17, 15) is 13.2 Å². The maximum atomic E-state index is 12.6. The number of alkyl halides is 3. The van der Waals surface area contributed by atoms with Crippen molar-refractivity contribution in [2.24, 2.45) is 0 Å². The van der Waals surface area contributed by atoms with E-state index in [-0.39, 0.29) is 6.04 Å². The Kier molecular flexibility index (Phi) is 4.90. The minimum atomic E-state index is -4.31. The van der Waals surface area contributed by atoms with E-state index in [1.165, 1.54) is 23.5 Å². The average Bonchev–Trinajstić information content (AvgIpc) is 2.92. The van der Waals surface area contributed by atoms with Gasteiger partial charge in [0.2, 0.25) is 0 Å². The lowest BCUT2D eigenvalue weighted by molar-refractivity contribution is -0.137. The van der Waals surface area contributed by atoms with E-state index in [4.69, 9.17) is 4.74 Å². The number of ether oxygens (including phenoxy) is 1. The highest BCUT2D eigenvalue weighted by Crippen LogP contribution is 2.36. The topological polar surface area (TPSA) is 21.3 Å². The molecule has 114 valence electrons. The van der Waals surface area contributed by atoms with E-state index in [1.54, 1.807) is 7.11 Å². The SMILES string of the molecule is CCNC(c1ccc(C(F)(F)F)cc1)c1sccc1OC. The van der Waals surface area contributed by atoms with Crippen LogP contribution in [0.15, 0.2) is 35.7 Å². The molecule has 2 rings (SSSR count). The van der Waals surface area contributed by atoms with E-state index in [1.807, 2.05) is 18.4 Å². The van der Waals surface area contributed by atoms with E-state index in [0.717, 1.165) is 28.3 Å². The van der Waals surface area contributed by atoms with Crippen LogP contribution >= 0.6 is 11.3 Å². The predicted molar refractivity (Wildman–Crippen MR) is 77.8 cm³/mol. The summed E-state index contributed by atoms with van der Waals surface area (Å²) in [5.41, 5.74) is 0.144. The second-order valence-electron chi connectivity index (χ2n) is 4.46. The standard InChI is InChI=1S/C15H16F3NOS/c1-3-19-13(14-12(20-2)8-9-21-14)10-4-6-11(7-5-10)15(16,17)18/h4-9,13,19H,3H2,1-2H3. The molecule has 0 radical (unpaired) electrons. The number of methoxy groups -OCH3 is 1. The molecule has 2 aromatic rings. The Hall–Kier alpha value is -1.53. The second-order valence-corrected chi connectivity index (χ2v) is 5.41. The Balaban J connectivity index is 2.35. The van der Waals surface area contributed by atoms with Gasteiger partial charge in [0.25, 0.3) is 0 Å². The summed E-state index contributed by atoms with van der Waals surface area (Å²) in [6, 6.07) is 6.92. The van der Waals surface area contributed by atoms with Crippen molar-refractivity contribution in [3.05, 3.63) is 51.7 Å². The molecule has 1 aromatic carbocycles. The van der Waals surface area contributed by atoms with Gasteiger partial charge in [0.05, 0.1) is 23.6 Å². The van der Waals surface area contributed by atoms with Crippen molar-refractivity contribution in [3.63, 3.8) is 0 Å². The molecule has 0 aliphatic heterocycles. The Morgan fingerprint density at radius 3 is 2.38 bits per heavy atom. The summed E-state index contributed by atoms with van der Waals surface area (Å²) in [6.45, 7) is 2.66. The molecule has 0 amide bonds. The van der Waals surface area contributed by atoms with Gasteiger partial charge in [0.1, 0.15) is 5.75 Å². The largest absolute Gasteiger partial charge is 0.496 e. The van der Waals surface area contributed by atoms with Gasteiger partial charge in [-0.05, 0) is 35.7 Å². The van der Waals surface area contributed by atoms with E-state index < -0.39 is 11.7 Å². The molecule has 1 N–H and O–H groups in total. The number of nitrogens with one attached hydrogen (secondary N) is 1. The fourth-order valence-electron chi connectivity index (χ4n) is 2.12. The highest BCUT2D eigenvalue weighted by molar-refractivity contribution is 7.10. The summed E-state index contributed by atoms with van der Waals surface area (Å²) in [5, 5.41) is 5.19. The summed E-state index contributed by atoms with van der Waals surface area (Å²) in [6.07, 6.45) is -4.31. The fraction of sp³-hybridized carbons (Fsp3) is 0.333. The molecule has 0 aliphatic carbocycles. The zero-order chi connectivity index (χ0) is 15.5. The Morgan fingerprint density at radius 1 is 1.19 bits per heavy atom. The van der Waals surface area contributed by atoms with Gasteiger partial charge >= 0.3 is 6.18 Å². The third-order valence-electron chi connectivity index (χ3n) is 3.12. The molecular weight excluding hydrogens is 299 g/mol. The number of rotatable bonds is 5. The molecule has 6 heteroatoms. The minimum Gasteiger partial charge on any atom is -0.496 e. The lowest BCUT2D eigenvalue weighted by atomic mass is 10.0. The zero-order valence-corrected chi connectivity index (χ0v) is 12.5. The van der Waals surface area contributed by atoms with Gasteiger partial charge in [-0.2, -0.15) is 13.2 Å². The first-order valence-electron chi connectivity index (χ1n) is 6.49. The van der Waals surface area contributed by atoms with Gasteiger partial charge in [-0.15, -0.1) is 11.3 Å². The van der Waals surface area contributed by atoms with Crippen LogP contribution in [0.2, 0.25) is 0 Å². The first-order valence-corrected chi connectivity index (χ1v) is 7.37. The Labute approximate surface area is 125 Å². The van der Waals surface area contributed by atoms with Gasteiger partial charge in [-0.25, -0.2) is 0 Å². The van der Waals surface area contributed by atoms with E-state index in [0.29, 0.717) is 6.54 Å². The van der Waals surface area contributed by atoms with Crippen molar-refractivity contribution in [1.29, 1.82) is 0 Å². The maximum Gasteiger partial charge on any atom is 0.416 e. The second kappa shape index (κ2) is 6.49. The number of hydrogen-bond donors (Lipinski definition) is 1. The van der Waals surface area contributed by atoms with Crippen molar-refractivity contribution >= 4 is 11.3 Å². The van der Waals surface area contributed by atoms with E-state index in [2.05, 4.69) is 5.32 Å². The van der Waals surface area contributed by atoms with Crippen LogP contribution in [0.5, 0.6) is 5.75 Å². The number of hydrogen-bond acceptors (Lipinski definition) is 3. The predicted octanol–water partition coefficient (Wildman–Crippen LogP) is 4.47. The molecule has 1 heterocycles. The summed E-state index contributed by atoms with van der Waals surface area (Å²) in [4.78, 5) is 0.958. The van der Waals surface area contributed by atoms with Gasteiger partial charge in [-0.3, -0.25) is 0 Å². The van der Waals surface area contributed by atoms with Crippen LogP contribution in [0.3, 0.4) is 0 Å². The highest BCUT2D eigenvalue weighted by Gasteiger charge is 2.30. The average molecular weight is 315 g/mol. The van der Waals surface area contributed by atoms with Crippen LogP contribution in [0.4, 0.5) is 13.2 Å². The van der Waals surface area contributed by atoms with Crippen molar-refractivity contribution in [2.75, 3.05) is 13.7 Å². The third kappa shape index (κ3) is 3.57. The van der Waals surface area contributed by atoms with Gasteiger partial charge in [-0.1, -0.05) is 19.1 Å². The van der Waals surface area contributed by atoms with Crippen molar-refractivity contribution in [2.45, 2.75) is 19.1 Å². The van der Waals surface area contributed by atoms with Crippen molar-refractivity contribution in [3.8, 4) is 5.75 Å². The van der Waals surface area contributed by atoms with Crippen LogP contribution in [0.25, 0.3) is 0 Å². The molecule has 1 atom stereocenters. The zero-order valence-electron chi connectivity index (χ0n) is 11.7. The lowest BCUT2D eigenvalue weighted by Crippen LogP contribution is -2.21. The first kappa shape index (κ1) is 15.9. The van der Waals surface area contributed by atoms with E-state index >= 15 is 0 Å². The number of thiophene rings is 1. The molecule has 1 unspecified atom stereocenters. The molecule has 0 fully saturated rings. The van der Waals surface area contributed by atoms with Crippen LogP contribution < -0.4 is 10.1 Å². The Bertz CT molecular complexity index is 577. The molecule has 0 aliphatic rings. The molecule has 0 saturated heterocycles. The lowest BCUT2D eigenvalue weighted by Gasteiger charge is -2.19. The maximum absolute atomic E-state index is 12.6. The van der Waals surface area contributed by atoms with Gasteiger partial charge < -0.3 is 10.1 Å². The van der Waals surface area contributed by atoms with Crippen LogP contribution in [0, 0.1) is 0 Å². The number of benzene rings is 1. The molecular formula is C15H16F3NOS. The normalized spacial score (nSPS) is 13.2. The monoisotopic (exact) mass is 315 g/mol. The minimum absolute atomic E-state index is 0.174. The van der Waals surface area contributed by atoms with Crippen molar-refractivity contribution in [1.82, 2.24) is 5.32 Å². The Morgan fingerprint density at radius 2 is 1.86 bits per heavy atom. The van der Waals surface area contributed by atoms with Crippen LogP contribution in [-0.4, -0.2) is 13.7 Å². The first-order chi connectivity index (χ1) is 9.97. The molecule has 0 bridgehead atoms. The third-order valence-corrected chi connectivity index (χ3v) is 4.08. The summed E-state index contributed by atoms with van der Waals surface area (Å²) < 4.78 is 43.2. The summed E-state index contributed by atoms with van der Waals surface area (Å²) in [5.74, 6) is 0.742. The van der Waals surface area contributed by atoms with Crippen molar-refractivity contribution < 1.29 is 17.9 Å². The van der Waals surface area contributed by atoms with Crippen LogP contribution in [0.1, 0.15) is 29.0 Å². The molecule has 1 aromatic heterocycles. The molecule has 0 spiro atoms. The summed E-state index contributed by atoms with van der Waals surface area (Å²) in [7, 11) is 1.58. The highest BCUT2D eigenvalue weighted by atomic mass is 32.1. The number of halogens is 3. The molecule has 0 saturated carbocycles. The quantitative estimate of drug-likeness (QED) is 0.878. The molecule has 2 nitrogen and oxygen atoms in total. The summed E-state index contributed by atoms with van der Waals surface area (Å²) >= 11 is 1.52.